The first-order valence-electron chi connectivity index (χ1n) is 10.7. The molecule has 0 bridgehead atoms. The van der Waals surface area contributed by atoms with Gasteiger partial charge in [-0.25, -0.2) is 9.67 Å². The number of rotatable bonds is 7. The fourth-order valence-corrected chi connectivity index (χ4v) is 4.09. The molecule has 5 rings (SSSR count). The Balaban J connectivity index is 1.39. The molecule has 4 heterocycles. The monoisotopic (exact) mass is 484 g/mol. The standard InChI is InChI=1S/C25H20N6O3S/c1-16(32)27-13-19-9-10-22(34-19)21-15-35-25(28-21)29-24(33)20-14-31(18-7-3-2-4-8-18)30-23(20)17-6-5-11-26-12-17/h2-12,14-15H,13H2,1H3,(H,27,32)(H,28,29,33). The summed E-state index contributed by atoms with van der Waals surface area (Å²) in [5, 5.41) is 12.4. The fourth-order valence-electron chi connectivity index (χ4n) is 3.40. The van der Waals surface area contributed by atoms with E-state index in [9.17, 15) is 9.59 Å². The predicted octanol–water partition coefficient (Wildman–Crippen LogP) is 4.54. The lowest BCUT2D eigenvalue weighted by atomic mass is 10.1. The van der Waals surface area contributed by atoms with Gasteiger partial charge in [0.05, 0.1) is 17.8 Å². The van der Waals surface area contributed by atoms with Gasteiger partial charge in [-0.15, -0.1) is 11.3 Å². The van der Waals surface area contributed by atoms with Gasteiger partial charge in [0.15, 0.2) is 10.9 Å². The minimum absolute atomic E-state index is 0.136. The second-order valence-corrected chi connectivity index (χ2v) is 8.44. The third-order valence-corrected chi connectivity index (χ3v) is 5.82. The molecule has 0 unspecified atom stereocenters. The van der Waals surface area contributed by atoms with Gasteiger partial charge in [0.1, 0.15) is 17.1 Å². The number of carbonyl (C=O) groups is 2. The van der Waals surface area contributed by atoms with E-state index in [4.69, 9.17) is 4.42 Å². The highest BCUT2D eigenvalue weighted by atomic mass is 32.1. The first-order chi connectivity index (χ1) is 17.1. The number of benzene rings is 1. The molecule has 0 spiro atoms. The normalized spacial score (nSPS) is 10.8. The van der Waals surface area contributed by atoms with Gasteiger partial charge in [0.25, 0.3) is 5.91 Å². The van der Waals surface area contributed by atoms with Crippen LogP contribution in [0.15, 0.2) is 83.0 Å². The molecule has 2 N–H and O–H groups in total. The molecule has 0 radical (unpaired) electrons. The maximum atomic E-state index is 13.3. The predicted molar refractivity (Wildman–Crippen MR) is 132 cm³/mol. The minimum atomic E-state index is -0.335. The van der Waals surface area contributed by atoms with Crippen molar-refractivity contribution in [3.05, 3.63) is 89.9 Å². The molecular formula is C25H20N6O3S. The Hall–Kier alpha value is -4.57. The quantitative estimate of drug-likeness (QED) is 0.351. The number of pyridine rings is 1. The largest absolute Gasteiger partial charge is 0.458 e. The van der Waals surface area contributed by atoms with E-state index in [2.05, 4.69) is 25.7 Å². The molecule has 0 fully saturated rings. The van der Waals surface area contributed by atoms with Gasteiger partial charge in [-0.05, 0) is 36.4 Å². The van der Waals surface area contributed by atoms with Crippen LogP contribution in [0, 0.1) is 0 Å². The number of hydrogen-bond acceptors (Lipinski definition) is 7. The second kappa shape index (κ2) is 9.74. The molecule has 1 aromatic carbocycles. The van der Waals surface area contributed by atoms with E-state index in [1.54, 1.807) is 46.9 Å². The third-order valence-electron chi connectivity index (χ3n) is 5.06. The highest BCUT2D eigenvalue weighted by molar-refractivity contribution is 7.14. The summed E-state index contributed by atoms with van der Waals surface area (Å²) in [6.07, 6.45) is 5.04. The lowest BCUT2D eigenvalue weighted by Crippen LogP contribution is -2.18. The number of carbonyl (C=O) groups excluding carboxylic acids is 2. The molecule has 0 aliphatic heterocycles. The molecule has 9 nitrogen and oxygen atoms in total. The van der Waals surface area contributed by atoms with Crippen molar-refractivity contribution in [3.63, 3.8) is 0 Å². The van der Waals surface area contributed by atoms with E-state index in [0.717, 1.165) is 11.3 Å². The van der Waals surface area contributed by atoms with Gasteiger partial charge < -0.3 is 9.73 Å². The van der Waals surface area contributed by atoms with E-state index in [1.165, 1.54) is 18.3 Å². The summed E-state index contributed by atoms with van der Waals surface area (Å²) >= 11 is 1.29. The summed E-state index contributed by atoms with van der Waals surface area (Å²) in [6.45, 7) is 1.74. The molecule has 2 amide bonds. The molecule has 4 aromatic heterocycles. The van der Waals surface area contributed by atoms with Crippen molar-refractivity contribution in [1.82, 2.24) is 25.1 Å². The topological polar surface area (TPSA) is 115 Å². The number of nitrogens with one attached hydrogen (secondary N) is 2. The van der Waals surface area contributed by atoms with Crippen molar-refractivity contribution in [1.29, 1.82) is 0 Å². The van der Waals surface area contributed by atoms with Crippen LogP contribution in [0.4, 0.5) is 5.13 Å². The zero-order valence-electron chi connectivity index (χ0n) is 18.6. The second-order valence-electron chi connectivity index (χ2n) is 7.58. The lowest BCUT2D eigenvalue weighted by Gasteiger charge is -2.02. The first kappa shape index (κ1) is 22.2. The van der Waals surface area contributed by atoms with E-state index in [1.807, 2.05) is 36.4 Å². The highest BCUT2D eigenvalue weighted by Crippen LogP contribution is 2.28. The smallest absolute Gasteiger partial charge is 0.261 e. The average Bonchev–Trinajstić information content (AvgIpc) is 3.63. The Bertz CT molecular complexity index is 1470. The minimum Gasteiger partial charge on any atom is -0.458 e. The molecule has 174 valence electrons. The van der Waals surface area contributed by atoms with Gasteiger partial charge in [0, 0.05) is 36.5 Å². The number of amides is 2. The van der Waals surface area contributed by atoms with Crippen LogP contribution in [-0.4, -0.2) is 31.6 Å². The molecule has 10 heteroatoms. The fraction of sp³-hybridized carbons (Fsp3) is 0.0800. The SMILES string of the molecule is CC(=O)NCc1ccc(-c2csc(NC(=O)c3cn(-c4ccccc4)nc3-c3cccnc3)n2)o1. The van der Waals surface area contributed by atoms with Crippen LogP contribution in [0.25, 0.3) is 28.4 Å². The molecule has 0 aliphatic carbocycles. The van der Waals surface area contributed by atoms with E-state index in [-0.39, 0.29) is 11.8 Å². The Morgan fingerprint density at radius 2 is 1.94 bits per heavy atom. The maximum absolute atomic E-state index is 13.3. The van der Waals surface area contributed by atoms with Crippen LogP contribution in [0.2, 0.25) is 0 Å². The van der Waals surface area contributed by atoms with E-state index >= 15 is 0 Å². The van der Waals surface area contributed by atoms with Crippen LogP contribution in [0.3, 0.4) is 0 Å². The number of nitrogens with zero attached hydrogens (tertiary/aromatic N) is 4. The van der Waals surface area contributed by atoms with Gasteiger partial charge >= 0.3 is 0 Å². The van der Waals surface area contributed by atoms with Crippen molar-refractivity contribution in [2.75, 3.05) is 5.32 Å². The summed E-state index contributed by atoms with van der Waals surface area (Å²) in [5.41, 5.74) is 3.07. The number of anilines is 1. The van der Waals surface area contributed by atoms with Crippen LogP contribution in [0.1, 0.15) is 23.0 Å². The van der Waals surface area contributed by atoms with Crippen molar-refractivity contribution >= 4 is 28.3 Å². The maximum Gasteiger partial charge on any atom is 0.261 e. The summed E-state index contributed by atoms with van der Waals surface area (Å²) in [5.74, 6) is 0.693. The molecule has 0 saturated heterocycles. The van der Waals surface area contributed by atoms with Crippen molar-refractivity contribution in [3.8, 4) is 28.4 Å². The molecule has 0 saturated carbocycles. The summed E-state index contributed by atoms with van der Waals surface area (Å²) in [4.78, 5) is 33.0. The number of hydrogen-bond donors (Lipinski definition) is 2. The van der Waals surface area contributed by atoms with Crippen molar-refractivity contribution in [2.45, 2.75) is 13.5 Å². The molecule has 35 heavy (non-hydrogen) atoms. The van der Waals surface area contributed by atoms with Gasteiger partial charge in [-0.3, -0.25) is 19.9 Å². The van der Waals surface area contributed by atoms with Crippen molar-refractivity contribution < 1.29 is 14.0 Å². The van der Waals surface area contributed by atoms with Crippen LogP contribution in [0.5, 0.6) is 0 Å². The number of furan rings is 1. The molecular weight excluding hydrogens is 464 g/mol. The van der Waals surface area contributed by atoms with Gasteiger partial charge in [-0.2, -0.15) is 5.10 Å². The zero-order chi connectivity index (χ0) is 24.2. The first-order valence-corrected chi connectivity index (χ1v) is 11.6. The average molecular weight is 485 g/mol. The third kappa shape index (κ3) is 5.02. The molecule has 0 aliphatic rings. The van der Waals surface area contributed by atoms with E-state index < -0.39 is 0 Å². The number of thiazole rings is 1. The van der Waals surface area contributed by atoms with Crippen LogP contribution >= 0.6 is 11.3 Å². The molecule has 5 aromatic rings. The summed E-state index contributed by atoms with van der Waals surface area (Å²) in [7, 11) is 0. The summed E-state index contributed by atoms with van der Waals surface area (Å²) in [6, 6.07) is 16.8. The van der Waals surface area contributed by atoms with Crippen LogP contribution < -0.4 is 10.6 Å². The van der Waals surface area contributed by atoms with Gasteiger partial charge in [-0.1, -0.05) is 18.2 Å². The number of aromatic nitrogens is 4. The van der Waals surface area contributed by atoms with Gasteiger partial charge in [0.2, 0.25) is 5.91 Å². The Morgan fingerprint density at radius 3 is 2.71 bits per heavy atom. The Kier molecular flexibility index (Phi) is 6.18. The summed E-state index contributed by atoms with van der Waals surface area (Å²) < 4.78 is 7.42. The Labute approximate surface area is 204 Å². The van der Waals surface area contributed by atoms with Crippen molar-refractivity contribution in [2.24, 2.45) is 0 Å². The molecule has 0 atom stereocenters. The Morgan fingerprint density at radius 1 is 1.09 bits per heavy atom. The van der Waals surface area contributed by atoms with E-state index in [0.29, 0.717) is 40.1 Å². The lowest BCUT2D eigenvalue weighted by molar-refractivity contribution is -0.119. The highest BCUT2D eigenvalue weighted by Gasteiger charge is 2.20. The zero-order valence-corrected chi connectivity index (χ0v) is 19.5. The van der Waals surface area contributed by atoms with Crippen LogP contribution in [-0.2, 0) is 11.3 Å². The number of para-hydroxylation sites is 1.